The Morgan fingerprint density at radius 2 is 1.78 bits per heavy atom. The van der Waals surface area contributed by atoms with E-state index in [9.17, 15) is 23.1 Å². The van der Waals surface area contributed by atoms with Gasteiger partial charge in [-0.3, -0.25) is 4.79 Å². The van der Waals surface area contributed by atoms with Crippen LogP contribution in [-0.4, -0.2) is 31.8 Å². The van der Waals surface area contributed by atoms with E-state index in [2.05, 4.69) is 5.32 Å². The van der Waals surface area contributed by atoms with Gasteiger partial charge in [-0.1, -0.05) is 18.2 Å². The van der Waals surface area contributed by atoms with Crippen molar-refractivity contribution >= 4 is 28.5 Å². The Kier molecular flexibility index (Phi) is 6.93. The molecule has 0 aromatic heterocycles. The van der Waals surface area contributed by atoms with E-state index in [1.165, 1.54) is 38.5 Å². The van der Waals surface area contributed by atoms with E-state index >= 15 is 0 Å². The maximum atomic E-state index is 13.1. The summed E-state index contributed by atoms with van der Waals surface area (Å²) in [6.45, 7) is -0.379. The van der Waals surface area contributed by atoms with Crippen molar-refractivity contribution in [3.63, 3.8) is 0 Å². The van der Waals surface area contributed by atoms with E-state index in [-0.39, 0.29) is 17.7 Å². The normalized spacial score (nSPS) is 12.4. The largest absolute Gasteiger partial charge is 0.493 e. The number of benzene rings is 2. The van der Waals surface area contributed by atoms with Crippen LogP contribution in [0.3, 0.4) is 0 Å². The van der Waals surface area contributed by atoms with Gasteiger partial charge in [0.2, 0.25) is 0 Å². The molecule has 0 spiro atoms. The van der Waals surface area contributed by atoms with Crippen LogP contribution >= 0.6 is 22.6 Å². The lowest BCUT2D eigenvalue weighted by Crippen LogP contribution is -2.30. The van der Waals surface area contributed by atoms with E-state index < -0.39 is 23.8 Å². The van der Waals surface area contributed by atoms with Gasteiger partial charge in [0.1, 0.15) is 0 Å². The molecule has 0 saturated heterocycles. The molecule has 1 amide bonds. The second-order valence-electron chi connectivity index (χ2n) is 5.50. The number of hydrogen-bond acceptors (Lipinski definition) is 4. The number of rotatable bonds is 6. The third-order valence-corrected chi connectivity index (χ3v) is 4.69. The highest BCUT2D eigenvalue weighted by Gasteiger charge is 2.34. The fourth-order valence-corrected chi connectivity index (χ4v) is 3.15. The summed E-state index contributed by atoms with van der Waals surface area (Å²) in [6, 6.07) is 7.77. The summed E-state index contributed by atoms with van der Waals surface area (Å²) in [4.78, 5) is 12.4. The number of alkyl halides is 3. The van der Waals surface area contributed by atoms with Crippen molar-refractivity contribution in [1.82, 2.24) is 5.32 Å². The van der Waals surface area contributed by atoms with Crippen molar-refractivity contribution < 1.29 is 32.5 Å². The number of aliphatic hydroxyl groups excluding tert-OH is 1. The van der Waals surface area contributed by atoms with E-state index in [1.807, 2.05) is 22.6 Å². The molecule has 27 heavy (non-hydrogen) atoms. The maximum Gasteiger partial charge on any atom is 0.416 e. The molecule has 2 rings (SSSR count). The van der Waals surface area contributed by atoms with Gasteiger partial charge in [0.25, 0.3) is 5.91 Å². The van der Waals surface area contributed by atoms with E-state index in [0.717, 1.165) is 6.07 Å². The van der Waals surface area contributed by atoms with Gasteiger partial charge in [-0.15, -0.1) is 0 Å². The van der Waals surface area contributed by atoms with Gasteiger partial charge in [0.05, 0.1) is 31.5 Å². The molecule has 0 fully saturated rings. The number of carbonyl (C=O) groups is 1. The minimum absolute atomic E-state index is 0.254. The number of hydrogen-bond donors (Lipinski definition) is 2. The smallest absolute Gasteiger partial charge is 0.416 e. The van der Waals surface area contributed by atoms with Crippen LogP contribution < -0.4 is 14.8 Å². The summed E-state index contributed by atoms with van der Waals surface area (Å²) in [7, 11) is 2.88. The van der Waals surface area contributed by atoms with E-state index in [4.69, 9.17) is 9.47 Å². The molecule has 9 heteroatoms. The van der Waals surface area contributed by atoms with Crippen LogP contribution in [0.15, 0.2) is 36.4 Å². The standard InChI is InChI=1S/C18H17F3INO4/c1-26-15-7-11(13(22)8-16(15)27-2)17(25)23-9-14(24)10-5-3-4-6-12(10)18(19,20)21/h3-8,14,24H,9H2,1-2H3,(H,23,25). The molecule has 5 nitrogen and oxygen atoms in total. The summed E-state index contributed by atoms with van der Waals surface area (Å²) in [5.41, 5.74) is -0.982. The number of carbonyl (C=O) groups excluding carboxylic acids is 1. The van der Waals surface area contributed by atoms with Crippen LogP contribution in [0.5, 0.6) is 11.5 Å². The number of halogens is 4. The Labute approximate surface area is 167 Å². The van der Waals surface area contributed by atoms with Crippen LogP contribution in [0.1, 0.15) is 27.6 Å². The fraction of sp³-hybridized carbons (Fsp3) is 0.278. The fourth-order valence-electron chi connectivity index (χ4n) is 2.47. The first-order valence-corrected chi connectivity index (χ1v) is 8.80. The Bertz CT molecular complexity index is 827. The van der Waals surface area contributed by atoms with Gasteiger partial charge >= 0.3 is 6.18 Å². The molecule has 2 aromatic carbocycles. The van der Waals surface area contributed by atoms with E-state index in [1.54, 1.807) is 6.07 Å². The average molecular weight is 495 g/mol. The zero-order chi connectivity index (χ0) is 20.2. The third-order valence-electron chi connectivity index (χ3n) is 3.80. The predicted molar refractivity (Wildman–Crippen MR) is 101 cm³/mol. The average Bonchev–Trinajstić information content (AvgIpc) is 2.64. The third kappa shape index (κ3) is 5.04. The van der Waals surface area contributed by atoms with Gasteiger partial charge in [0, 0.05) is 10.1 Å². The Morgan fingerprint density at radius 3 is 2.37 bits per heavy atom. The highest BCUT2D eigenvalue weighted by atomic mass is 127. The number of methoxy groups -OCH3 is 2. The van der Waals surface area contributed by atoms with Crippen molar-refractivity contribution in [3.05, 3.63) is 56.7 Å². The first kappa shape index (κ1) is 21.3. The van der Waals surface area contributed by atoms with Crippen LogP contribution in [0, 0.1) is 3.57 Å². The zero-order valence-corrected chi connectivity index (χ0v) is 16.6. The Morgan fingerprint density at radius 1 is 1.19 bits per heavy atom. The lowest BCUT2D eigenvalue weighted by atomic mass is 10.0. The molecule has 0 aliphatic rings. The molecule has 146 valence electrons. The van der Waals surface area contributed by atoms with Crippen LogP contribution in [0.2, 0.25) is 0 Å². The van der Waals surface area contributed by atoms with Gasteiger partial charge in [-0.25, -0.2) is 0 Å². The molecular weight excluding hydrogens is 478 g/mol. The number of aliphatic hydroxyl groups is 1. The van der Waals surface area contributed by atoms with Gasteiger partial charge < -0.3 is 19.9 Å². The summed E-state index contributed by atoms with van der Waals surface area (Å²) in [5, 5.41) is 12.6. The molecule has 0 saturated carbocycles. The maximum absolute atomic E-state index is 13.1. The van der Waals surface area contributed by atoms with Crippen LogP contribution in [0.25, 0.3) is 0 Å². The van der Waals surface area contributed by atoms with Gasteiger partial charge in [0.15, 0.2) is 11.5 Å². The molecule has 0 heterocycles. The molecule has 0 aliphatic carbocycles. The summed E-state index contributed by atoms with van der Waals surface area (Å²) < 4.78 is 50.0. The van der Waals surface area contributed by atoms with Crippen LogP contribution in [0.4, 0.5) is 13.2 Å². The summed E-state index contributed by atoms with van der Waals surface area (Å²) in [5.74, 6) is 0.229. The lowest BCUT2D eigenvalue weighted by molar-refractivity contribution is -0.139. The second-order valence-corrected chi connectivity index (χ2v) is 6.66. The first-order valence-electron chi connectivity index (χ1n) is 7.73. The van der Waals surface area contributed by atoms with Crippen LogP contribution in [-0.2, 0) is 6.18 Å². The molecule has 0 aliphatic heterocycles. The van der Waals surface area contributed by atoms with Gasteiger partial charge in [-0.2, -0.15) is 13.2 Å². The molecule has 0 bridgehead atoms. The van der Waals surface area contributed by atoms with Gasteiger partial charge in [-0.05, 0) is 46.4 Å². The summed E-state index contributed by atoms with van der Waals surface area (Å²) in [6.07, 6.45) is -6.11. The van der Waals surface area contributed by atoms with Crippen molar-refractivity contribution in [3.8, 4) is 11.5 Å². The van der Waals surface area contributed by atoms with Crippen molar-refractivity contribution in [1.29, 1.82) is 0 Å². The monoisotopic (exact) mass is 495 g/mol. The highest BCUT2D eigenvalue weighted by molar-refractivity contribution is 14.1. The minimum atomic E-state index is -4.60. The predicted octanol–water partition coefficient (Wildman–Crippen LogP) is 3.79. The number of ether oxygens (including phenoxy) is 2. The van der Waals surface area contributed by atoms with Crippen molar-refractivity contribution in [2.24, 2.45) is 0 Å². The number of nitrogens with one attached hydrogen (secondary N) is 1. The number of amides is 1. The zero-order valence-electron chi connectivity index (χ0n) is 14.4. The highest BCUT2D eigenvalue weighted by Crippen LogP contribution is 2.34. The first-order chi connectivity index (χ1) is 12.7. The Balaban J connectivity index is 2.17. The molecule has 2 N–H and O–H groups in total. The molecule has 1 atom stereocenters. The topological polar surface area (TPSA) is 67.8 Å². The summed E-state index contributed by atoms with van der Waals surface area (Å²) >= 11 is 1.93. The quantitative estimate of drug-likeness (QED) is 0.599. The molecule has 0 radical (unpaired) electrons. The second kappa shape index (κ2) is 8.79. The van der Waals surface area contributed by atoms with Crippen molar-refractivity contribution in [2.75, 3.05) is 20.8 Å². The van der Waals surface area contributed by atoms with E-state index in [0.29, 0.717) is 15.1 Å². The SMILES string of the molecule is COc1cc(I)c(C(=O)NCC(O)c2ccccc2C(F)(F)F)cc1OC. The molecule has 2 aromatic rings. The van der Waals surface area contributed by atoms with Crippen molar-refractivity contribution in [2.45, 2.75) is 12.3 Å². The lowest BCUT2D eigenvalue weighted by Gasteiger charge is -2.18. The Hall–Kier alpha value is -2.01. The molecule has 1 unspecified atom stereocenters. The molecular formula is C18H17F3INO4. The minimum Gasteiger partial charge on any atom is -0.493 e.